The molecule has 2 atom stereocenters. The van der Waals surface area contributed by atoms with Gasteiger partial charge in [0.05, 0.1) is 11.6 Å². The third-order valence-corrected chi connectivity index (χ3v) is 8.07. The van der Waals surface area contributed by atoms with E-state index in [9.17, 15) is 10.4 Å². The Morgan fingerprint density at radius 3 is 2.60 bits per heavy atom. The number of aromatic hydroxyl groups is 1. The van der Waals surface area contributed by atoms with Gasteiger partial charge in [-0.1, -0.05) is 40.7 Å². The number of aromatic nitrogens is 1. The standard InChI is InChI=1S/C27H30N2O/c1-15(2)24-17-7-11-23-26(3,4)25-19(13-27(23,5)20(17)8-10-22(24)30)18-12-16(14-28)6-9-21(18)29-25/h6,8-10,12,15,23,29-30H,7,11,13H2,1-5H3/t23-,27+/m0/s1. The van der Waals surface area contributed by atoms with E-state index in [4.69, 9.17) is 0 Å². The number of phenols is 1. The second-order valence-corrected chi connectivity index (χ2v) is 10.4. The summed E-state index contributed by atoms with van der Waals surface area (Å²) < 4.78 is 0. The van der Waals surface area contributed by atoms with Crippen molar-refractivity contribution in [1.29, 1.82) is 5.26 Å². The summed E-state index contributed by atoms with van der Waals surface area (Å²) in [7, 11) is 0. The highest BCUT2D eigenvalue weighted by Gasteiger charge is 2.53. The molecule has 5 rings (SSSR count). The predicted octanol–water partition coefficient (Wildman–Crippen LogP) is 6.22. The number of nitriles is 1. The van der Waals surface area contributed by atoms with Crippen molar-refractivity contribution >= 4 is 10.9 Å². The van der Waals surface area contributed by atoms with Crippen LogP contribution in [0.2, 0.25) is 0 Å². The lowest BCUT2D eigenvalue weighted by Gasteiger charge is -2.54. The number of H-pyrrole nitrogens is 1. The molecular formula is C27H30N2O. The lowest BCUT2D eigenvalue weighted by atomic mass is 9.49. The second-order valence-electron chi connectivity index (χ2n) is 10.4. The van der Waals surface area contributed by atoms with E-state index < -0.39 is 0 Å². The largest absolute Gasteiger partial charge is 0.508 e. The molecule has 2 N–H and O–H groups in total. The summed E-state index contributed by atoms with van der Waals surface area (Å²) in [5.41, 5.74) is 8.43. The van der Waals surface area contributed by atoms with Gasteiger partial charge in [-0.15, -0.1) is 0 Å². The summed E-state index contributed by atoms with van der Waals surface area (Å²) in [6, 6.07) is 12.4. The number of aromatic amines is 1. The van der Waals surface area contributed by atoms with Crippen LogP contribution in [0.5, 0.6) is 5.75 Å². The summed E-state index contributed by atoms with van der Waals surface area (Å²) in [4.78, 5) is 3.72. The van der Waals surface area contributed by atoms with Gasteiger partial charge < -0.3 is 10.1 Å². The van der Waals surface area contributed by atoms with Gasteiger partial charge in [-0.25, -0.2) is 0 Å². The van der Waals surface area contributed by atoms with E-state index in [0.29, 0.717) is 23.1 Å². The molecule has 0 fully saturated rings. The van der Waals surface area contributed by atoms with Crippen molar-refractivity contribution < 1.29 is 5.11 Å². The Hall–Kier alpha value is -2.73. The van der Waals surface area contributed by atoms with Crippen molar-refractivity contribution in [3.05, 3.63) is 63.8 Å². The molecule has 2 aliphatic rings. The Kier molecular flexibility index (Phi) is 3.94. The van der Waals surface area contributed by atoms with Crippen molar-refractivity contribution in [2.75, 3.05) is 0 Å². The first kappa shape index (κ1) is 19.2. The second kappa shape index (κ2) is 6.14. The molecule has 0 unspecified atom stereocenters. The van der Waals surface area contributed by atoms with Crippen LogP contribution < -0.4 is 0 Å². The van der Waals surface area contributed by atoms with E-state index >= 15 is 0 Å². The Morgan fingerprint density at radius 1 is 1.13 bits per heavy atom. The summed E-state index contributed by atoms with van der Waals surface area (Å²) in [5, 5.41) is 21.2. The highest BCUT2D eigenvalue weighted by Crippen LogP contribution is 2.58. The molecule has 0 bridgehead atoms. The molecule has 154 valence electrons. The zero-order valence-corrected chi connectivity index (χ0v) is 18.6. The number of hydrogen-bond donors (Lipinski definition) is 2. The van der Waals surface area contributed by atoms with Crippen molar-refractivity contribution in [3.63, 3.8) is 0 Å². The lowest BCUT2D eigenvalue weighted by molar-refractivity contribution is 0.137. The number of nitrogens with zero attached hydrogens (tertiary/aromatic N) is 1. The normalized spacial score (nSPS) is 24.2. The molecule has 0 saturated heterocycles. The van der Waals surface area contributed by atoms with Crippen LogP contribution in [-0.2, 0) is 23.7 Å². The fourth-order valence-electron chi connectivity index (χ4n) is 6.86. The van der Waals surface area contributed by atoms with Gasteiger partial charge in [0.25, 0.3) is 0 Å². The molecule has 3 heteroatoms. The number of nitrogens with one attached hydrogen (secondary N) is 1. The molecule has 2 aromatic carbocycles. The number of rotatable bonds is 1. The Bertz CT molecular complexity index is 1220. The number of fused-ring (bicyclic) bond motifs is 6. The minimum Gasteiger partial charge on any atom is -0.508 e. The van der Waals surface area contributed by atoms with Crippen molar-refractivity contribution in [2.45, 2.75) is 70.6 Å². The molecule has 0 aliphatic heterocycles. The zero-order valence-electron chi connectivity index (χ0n) is 18.6. The Balaban J connectivity index is 1.78. The van der Waals surface area contributed by atoms with Crippen LogP contribution in [0.1, 0.15) is 80.5 Å². The molecule has 0 amide bonds. The third-order valence-electron chi connectivity index (χ3n) is 8.07. The fourth-order valence-corrected chi connectivity index (χ4v) is 6.86. The molecule has 0 radical (unpaired) electrons. The van der Waals surface area contributed by atoms with E-state index in [2.05, 4.69) is 57.8 Å². The first-order chi connectivity index (χ1) is 14.2. The van der Waals surface area contributed by atoms with Crippen LogP contribution in [0, 0.1) is 17.2 Å². The SMILES string of the molecule is CC(C)c1c(O)ccc2c1CC[C@H]1C(C)(C)c3[nH]c4ccc(C#N)cc4c3C[C@]21C. The highest BCUT2D eigenvalue weighted by molar-refractivity contribution is 5.87. The van der Waals surface area contributed by atoms with E-state index in [-0.39, 0.29) is 10.8 Å². The lowest BCUT2D eigenvalue weighted by Crippen LogP contribution is -2.51. The molecule has 1 aromatic heterocycles. The molecule has 0 spiro atoms. The van der Waals surface area contributed by atoms with Crippen LogP contribution in [0.4, 0.5) is 0 Å². The smallest absolute Gasteiger partial charge is 0.119 e. The summed E-state index contributed by atoms with van der Waals surface area (Å²) in [6.07, 6.45) is 3.10. The molecule has 3 aromatic rings. The Labute approximate surface area is 178 Å². The quantitative estimate of drug-likeness (QED) is 0.511. The van der Waals surface area contributed by atoms with Gasteiger partial charge in [0, 0.05) is 27.4 Å². The predicted molar refractivity (Wildman–Crippen MR) is 121 cm³/mol. The van der Waals surface area contributed by atoms with Crippen LogP contribution in [0.15, 0.2) is 30.3 Å². The van der Waals surface area contributed by atoms with E-state index in [0.717, 1.165) is 30.3 Å². The van der Waals surface area contributed by atoms with Crippen LogP contribution in [-0.4, -0.2) is 10.1 Å². The van der Waals surface area contributed by atoms with Gasteiger partial charge in [0.1, 0.15) is 5.75 Å². The number of benzene rings is 2. The van der Waals surface area contributed by atoms with Crippen molar-refractivity contribution in [2.24, 2.45) is 5.92 Å². The topological polar surface area (TPSA) is 59.8 Å². The van der Waals surface area contributed by atoms with Crippen LogP contribution in [0.25, 0.3) is 10.9 Å². The first-order valence-corrected chi connectivity index (χ1v) is 11.1. The minimum atomic E-state index is -0.000799. The summed E-state index contributed by atoms with van der Waals surface area (Å²) in [5.74, 6) is 1.25. The maximum atomic E-state index is 10.6. The summed E-state index contributed by atoms with van der Waals surface area (Å²) >= 11 is 0. The first-order valence-electron chi connectivity index (χ1n) is 11.1. The molecular weight excluding hydrogens is 368 g/mol. The van der Waals surface area contributed by atoms with E-state index in [1.54, 1.807) is 0 Å². The van der Waals surface area contributed by atoms with Gasteiger partial charge in [0.2, 0.25) is 0 Å². The average Bonchev–Trinajstić information content (AvgIpc) is 3.05. The van der Waals surface area contributed by atoms with Gasteiger partial charge in [-0.3, -0.25) is 0 Å². The number of hydrogen-bond acceptors (Lipinski definition) is 2. The van der Waals surface area contributed by atoms with E-state index in [1.165, 1.54) is 27.8 Å². The van der Waals surface area contributed by atoms with Crippen LogP contribution in [0.3, 0.4) is 0 Å². The zero-order chi connectivity index (χ0) is 21.4. The monoisotopic (exact) mass is 398 g/mol. The van der Waals surface area contributed by atoms with Gasteiger partial charge in [-0.05, 0) is 77.6 Å². The summed E-state index contributed by atoms with van der Waals surface area (Å²) in [6.45, 7) is 11.5. The van der Waals surface area contributed by atoms with E-state index in [1.807, 2.05) is 18.2 Å². The highest BCUT2D eigenvalue weighted by atomic mass is 16.3. The maximum Gasteiger partial charge on any atom is 0.119 e. The fraction of sp³-hybridized carbons (Fsp3) is 0.444. The van der Waals surface area contributed by atoms with Gasteiger partial charge >= 0.3 is 0 Å². The third kappa shape index (κ3) is 2.37. The van der Waals surface area contributed by atoms with Gasteiger partial charge in [-0.2, -0.15) is 5.26 Å². The molecule has 0 saturated carbocycles. The van der Waals surface area contributed by atoms with Crippen molar-refractivity contribution in [1.82, 2.24) is 4.98 Å². The van der Waals surface area contributed by atoms with Crippen molar-refractivity contribution in [3.8, 4) is 11.8 Å². The number of phenolic OH excluding ortho intramolecular Hbond substituents is 1. The molecule has 2 aliphatic carbocycles. The maximum absolute atomic E-state index is 10.6. The molecule has 30 heavy (non-hydrogen) atoms. The Morgan fingerprint density at radius 2 is 1.90 bits per heavy atom. The minimum absolute atomic E-state index is 0.000799. The van der Waals surface area contributed by atoms with Crippen LogP contribution >= 0.6 is 0 Å². The molecule has 3 nitrogen and oxygen atoms in total. The average molecular weight is 399 g/mol. The van der Waals surface area contributed by atoms with Gasteiger partial charge in [0.15, 0.2) is 0 Å². The molecule has 1 heterocycles.